The Morgan fingerprint density at radius 3 is 1.40 bits per heavy atom. The van der Waals surface area contributed by atoms with Gasteiger partial charge in [-0.2, -0.15) is 0 Å². The minimum atomic E-state index is -0.126. The first kappa shape index (κ1) is 43.0. The zero-order valence-corrected chi connectivity index (χ0v) is 39.9. The van der Waals surface area contributed by atoms with Gasteiger partial charge in [0.1, 0.15) is 0 Å². The van der Waals surface area contributed by atoms with Gasteiger partial charge < -0.3 is 4.90 Å². The average Bonchev–Trinajstić information content (AvgIpc) is 3.45. The summed E-state index contributed by atoms with van der Waals surface area (Å²) in [6, 6.07) is 58.0. The van der Waals surface area contributed by atoms with Gasteiger partial charge in [0, 0.05) is 22.4 Å². The fourth-order valence-corrected chi connectivity index (χ4v) is 9.20. The number of benzene rings is 7. The Morgan fingerprint density at radius 1 is 0.323 bits per heavy atom. The summed E-state index contributed by atoms with van der Waals surface area (Å²) in [4.78, 5) is 2.49. The van der Waals surface area contributed by atoms with E-state index in [0.29, 0.717) is 0 Å². The summed E-state index contributed by atoms with van der Waals surface area (Å²) in [5.41, 5.74) is 21.6. The number of anilines is 3. The first-order valence-electron chi connectivity index (χ1n) is 22.7. The van der Waals surface area contributed by atoms with Gasteiger partial charge in [-0.1, -0.05) is 212 Å². The van der Waals surface area contributed by atoms with Crippen LogP contribution in [0.3, 0.4) is 0 Å². The molecule has 7 aromatic carbocycles. The van der Waals surface area contributed by atoms with Crippen molar-refractivity contribution in [1.82, 2.24) is 0 Å². The highest BCUT2D eigenvalue weighted by molar-refractivity contribution is 5.91. The highest BCUT2D eigenvalue weighted by Crippen LogP contribution is 2.51. The Labute approximate surface area is 373 Å². The number of fused-ring (bicyclic) bond motifs is 3. The first-order chi connectivity index (χ1) is 29.0. The quantitative estimate of drug-likeness (QED) is 0.162. The van der Waals surface area contributed by atoms with E-state index in [1.165, 1.54) is 77.9 Å². The number of nitrogens with zero attached hydrogens (tertiary/aromatic N) is 1. The predicted molar refractivity (Wildman–Crippen MR) is 270 cm³/mol. The minimum absolute atomic E-state index is 0.0265. The van der Waals surface area contributed by atoms with Crippen molar-refractivity contribution in [2.24, 2.45) is 0 Å². The Morgan fingerprint density at radius 2 is 0.806 bits per heavy atom. The fraction of sp³-hybridized carbons (Fsp3) is 0.311. The molecule has 7 aromatic rings. The molecule has 0 unspecified atom stereocenters. The van der Waals surface area contributed by atoms with Crippen LogP contribution in [-0.2, 0) is 27.1 Å². The molecule has 0 N–H and O–H groups in total. The van der Waals surface area contributed by atoms with E-state index < -0.39 is 0 Å². The zero-order valence-electron chi connectivity index (χ0n) is 39.9. The van der Waals surface area contributed by atoms with Crippen LogP contribution in [0.1, 0.15) is 130 Å². The van der Waals surface area contributed by atoms with Crippen molar-refractivity contribution >= 4 is 17.1 Å². The number of para-hydroxylation sites is 1. The number of rotatable bonds is 6. The maximum Gasteiger partial charge on any atom is 0.0540 e. The molecule has 0 aromatic heterocycles. The molecule has 0 spiro atoms. The molecule has 0 fully saturated rings. The maximum atomic E-state index is 2.49. The van der Waals surface area contributed by atoms with Crippen LogP contribution in [-0.4, -0.2) is 0 Å². The van der Waals surface area contributed by atoms with Crippen molar-refractivity contribution in [2.75, 3.05) is 4.90 Å². The third kappa shape index (κ3) is 8.20. The molecule has 0 bridgehead atoms. The molecule has 0 radical (unpaired) electrons. The molecule has 1 aliphatic rings. The summed E-state index contributed by atoms with van der Waals surface area (Å²) >= 11 is 0. The van der Waals surface area contributed by atoms with Crippen molar-refractivity contribution in [3.05, 3.63) is 185 Å². The molecule has 0 saturated carbocycles. The average molecular weight is 814 g/mol. The molecule has 0 saturated heterocycles. The summed E-state index contributed by atoms with van der Waals surface area (Å²) in [6.07, 6.45) is 0. The molecule has 316 valence electrons. The molecule has 62 heavy (non-hydrogen) atoms. The lowest BCUT2D eigenvalue weighted by atomic mass is 9.78. The van der Waals surface area contributed by atoms with Crippen molar-refractivity contribution in [2.45, 2.75) is 124 Å². The fourth-order valence-electron chi connectivity index (χ4n) is 9.20. The van der Waals surface area contributed by atoms with Crippen LogP contribution in [0.25, 0.3) is 44.5 Å². The largest absolute Gasteiger partial charge is 0.310 e. The third-order valence-electron chi connectivity index (χ3n) is 13.3. The molecular weight excluding hydrogens is 747 g/mol. The summed E-state index contributed by atoms with van der Waals surface area (Å²) in [5, 5.41) is 0. The van der Waals surface area contributed by atoms with Crippen molar-refractivity contribution in [1.29, 1.82) is 0 Å². The van der Waals surface area contributed by atoms with E-state index in [9.17, 15) is 0 Å². The molecule has 8 rings (SSSR count). The molecule has 1 nitrogen and oxygen atoms in total. The smallest absolute Gasteiger partial charge is 0.0540 e. The van der Waals surface area contributed by atoms with Gasteiger partial charge in [-0.3, -0.25) is 0 Å². The van der Waals surface area contributed by atoms with Crippen LogP contribution in [0.4, 0.5) is 17.1 Å². The molecule has 0 amide bonds. The second-order valence-electron chi connectivity index (χ2n) is 22.5. The van der Waals surface area contributed by atoms with E-state index in [0.717, 1.165) is 17.1 Å². The van der Waals surface area contributed by atoms with E-state index >= 15 is 0 Å². The Bertz CT molecular complexity index is 2750. The minimum Gasteiger partial charge on any atom is -0.310 e. The van der Waals surface area contributed by atoms with E-state index in [1.807, 2.05) is 0 Å². The van der Waals surface area contributed by atoms with Crippen LogP contribution in [0.5, 0.6) is 0 Å². The molecule has 0 aliphatic heterocycles. The molecule has 1 heteroatoms. The lowest BCUT2D eigenvalue weighted by Crippen LogP contribution is -2.17. The van der Waals surface area contributed by atoms with E-state index in [2.05, 4.69) is 253 Å². The Balaban J connectivity index is 1.33. The maximum absolute atomic E-state index is 2.49. The topological polar surface area (TPSA) is 3.24 Å². The molecule has 1 aliphatic carbocycles. The standard InChI is InChI=1S/C61H67N/c1-57(2,3)45-28-26-40(27-29-45)51-22-16-18-25-56(51)62(50-30-31-53-52-23-15-17-24-54(52)61(13,14)55(53)39-50)49-21-19-20-41(37-49)42-32-43(34-46(33-42)58(4,5)6)44-35-47(59(7,8)9)38-48(36-44)60(10,11)12/h15-39H,1-14H3. The van der Waals surface area contributed by atoms with E-state index in [4.69, 9.17) is 0 Å². The SMILES string of the molecule is CC(C)(C)c1ccc(-c2ccccc2N(c2cccc(-c3cc(-c4cc(C(C)(C)C)cc(C(C)(C)C)c4)cc(C(C)(C)C)c3)c2)c2ccc3c(c2)C(C)(C)c2ccccc2-3)cc1. The second kappa shape index (κ2) is 15.3. The van der Waals surface area contributed by atoms with Gasteiger partial charge >= 0.3 is 0 Å². The van der Waals surface area contributed by atoms with Crippen molar-refractivity contribution < 1.29 is 0 Å². The van der Waals surface area contributed by atoms with Crippen LogP contribution in [0.15, 0.2) is 152 Å². The van der Waals surface area contributed by atoms with Crippen LogP contribution in [0, 0.1) is 0 Å². The van der Waals surface area contributed by atoms with Crippen molar-refractivity contribution in [3.63, 3.8) is 0 Å². The molecule has 0 atom stereocenters. The normalized spacial score (nSPS) is 13.8. The highest BCUT2D eigenvalue weighted by Gasteiger charge is 2.36. The van der Waals surface area contributed by atoms with Gasteiger partial charge in [-0.25, -0.2) is 0 Å². The van der Waals surface area contributed by atoms with E-state index in [1.54, 1.807) is 0 Å². The van der Waals surface area contributed by atoms with Crippen LogP contribution < -0.4 is 4.90 Å². The zero-order chi connectivity index (χ0) is 44.6. The highest BCUT2D eigenvalue weighted by atomic mass is 15.1. The summed E-state index contributed by atoms with van der Waals surface area (Å²) in [5.74, 6) is 0. The molecular formula is C61H67N. The van der Waals surface area contributed by atoms with E-state index in [-0.39, 0.29) is 27.1 Å². The summed E-state index contributed by atoms with van der Waals surface area (Å²) < 4.78 is 0. The van der Waals surface area contributed by atoms with Crippen LogP contribution in [0.2, 0.25) is 0 Å². The Hall–Kier alpha value is -5.66. The molecule has 0 heterocycles. The van der Waals surface area contributed by atoms with Gasteiger partial charge in [0.05, 0.1) is 5.69 Å². The Kier molecular flexibility index (Phi) is 10.6. The van der Waals surface area contributed by atoms with Crippen LogP contribution >= 0.6 is 0 Å². The summed E-state index contributed by atoms with van der Waals surface area (Å²) in [7, 11) is 0. The predicted octanol–water partition coefficient (Wildman–Crippen LogP) is 17.7. The second-order valence-corrected chi connectivity index (χ2v) is 22.5. The van der Waals surface area contributed by atoms with Gasteiger partial charge in [-0.15, -0.1) is 0 Å². The first-order valence-corrected chi connectivity index (χ1v) is 22.7. The lowest BCUT2D eigenvalue weighted by Gasteiger charge is -2.30. The lowest BCUT2D eigenvalue weighted by molar-refractivity contribution is 0.569. The summed E-state index contributed by atoms with van der Waals surface area (Å²) in [6.45, 7) is 32.5. The monoisotopic (exact) mass is 814 g/mol. The van der Waals surface area contributed by atoms with Crippen molar-refractivity contribution in [3.8, 4) is 44.5 Å². The van der Waals surface area contributed by atoms with Gasteiger partial charge in [0.25, 0.3) is 0 Å². The third-order valence-corrected chi connectivity index (χ3v) is 13.3. The van der Waals surface area contributed by atoms with Gasteiger partial charge in [0.15, 0.2) is 0 Å². The number of hydrogen-bond acceptors (Lipinski definition) is 1. The van der Waals surface area contributed by atoms with Gasteiger partial charge in [0.2, 0.25) is 0 Å². The number of hydrogen-bond donors (Lipinski definition) is 0. The van der Waals surface area contributed by atoms with Gasteiger partial charge in [-0.05, 0) is 130 Å².